The molecule has 2 fully saturated rings. The molecule has 6 nitrogen and oxygen atoms in total. The van der Waals surface area contributed by atoms with Gasteiger partial charge in [-0.2, -0.15) is 0 Å². The molecule has 4 heterocycles. The first-order valence-corrected chi connectivity index (χ1v) is 9.17. The zero-order chi connectivity index (χ0) is 16.5. The summed E-state index contributed by atoms with van der Waals surface area (Å²) in [4.78, 5) is 14.3. The van der Waals surface area contributed by atoms with E-state index in [0.717, 1.165) is 68.6 Å². The van der Waals surface area contributed by atoms with E-state index in [1.807, 2.05) is 13.1 Å². The Morgan fingerprint density at radius 3 is 2.58 bits per heavy atom. The summed E-state index contributed by atoms with van der Waals surface area (Å²) in [7, 11) is 2.04. The summed E-state index contributed by atoms with van der Waals surface area (Å²) in [5.41, 5.74) is 2.90. The van der Waals surface area contributed by atoms with Crippen LogP contribution >= 0.6 is 11.6 Å². The molecule has 24 heavy (non-hydrogen) atoms. The number of pyridine rings is 1. The number of fused-ring (bicyclic) bond motifs is 1. The summed E-state index contributed by atoms with van der Waals surface area (Å²) in [6.07, 6.45) is 3.91. The molecule has 130 valence electrons. The van der Waals surface area contributed by atoms with Crippen molar-refractivity contribution >= 4 is 28.5 Å². The van der Waals surface area contributed by atoms with Crippen molar-refractivity contribution in [1.29, 1.82) is 0 Å². The molecule has 0 aromatic carbocycles. The third kappa shape index (κ3) is 3.10. The third-order valence-corrected chi connectivity index (χ3v) is 5.23. The van der Waals surface area contributed by atoms with Gasteiger partial charge >= 0.3 is 0 Å². The van der Waals surface area contributed by atoms with Gasteiger partial charge in [0.15, 0.2) is 5.65 Å². The van der Waals surface area contributed by atoms with E-state index in [0.29, 0.717) is 5.15 Å². The molecule has 2 saturated heterocycles. The van der Waals surface area contributed by atoms with Crippen LogP contribution in [0.15, 0.2) is 6.07 Å². The molecule has 2 aliphatic rings. The minimum atomic E-state index is 0.525. The smallest absolute Gasteiger partial charge is 0.163 e. The van der Waals surface area contributed by atoms with Crippen LogP contribution in [0.2, 0.25) is 5.15 Å². The molecule has 0 N–H and O–H groups in total. The fourth-order valence-corrected chi connectivity index (χ4v) is 3.84. The van der Waals surface area contributed by atoms with Gasteiger partial charge in [-0.05, 0) is 25.9 Å². The van der Waals surface area contributed by atoms with Crippen LogP contribution in [0.1, 0.15) is 25.1 Å². The quantitative estimate of drug-likeness (QED) is 0.796. The predicted molar refractivity (Wildman–Crippen MR) is 95.7 cm³/mol. The Balaban J connectivity index is 1.70. The molecule has 0 bridgehead atoms. The number of ether oxygens (including phenoxy) is 1. The van der Waals surface area contributed by atoms with Crippen LogP contribution in [-0.4, -0.2) is 58.8 Å². The first-order valence-electron chi connectivity index (χ1n) is 8.79. The van der Waals surface area contributed by atoms with Crippen molar-refractivity contribution in [3.63, 3.8) is 0 Å². The highest BCUT2D eigenvalue weighted by Gasteiger charge is 2.21. The minimum absolute atomic E-state index is 0.525. The van der Waals surface area contributed by atoms with E-state index < -0.39 is 0 Å². The second-order valence-corrected chi connectivity index (χ2v) is 7.05. The average molecular weight is 350 g/mol. The summed E-state index contributed by atoms with van der Waals surface area (Å²) in [5, 5.41) is 0.525. The largest absolute Gasteiger partial charge is 0.378 e. The Hall–Kier alpha value is -1.37. The lowest BCUT2D eigenvalue weighted by Crippen LogP contribution is -2.36. The van der Waals surface area contributed by atoms with Crippen molar-refractivity contribution in [1.82, 2.24) is 19.4 Å². The van der Waals surface area contributed by atoms with Crippen LogP contribution in [-0.2, 0) is 18.3 Å². The molecule has 4 rings (SSSR count). The number of hydrogen-bond acceptors (Lipinski definition) is 5. The second kappa shape index (κ2) is 6.86. The van der Waals surface area contributed by atoms with E-state index >= 15 is 0 Å². The van der Waals surface area contributed by atoms with Crippen LogP contribution < -0.4 is 4.90 Å². The molecule has 0 spiro atoms. The first kappa shape index (κ1) is 16.1. The molecule has 0 aliphatic carbocycles. The van der Waals surface area contributed by atoms with Crippen LogP contribution in [0.25, 0.3) is 11.2 Å². The Bertz CT molecular complexity index is 719. The molecular weight excluding hydrogens is 326 g/mol. The summed E-state index contributed by atoms with van der Waals surface area (Å²) < 4.78 is 7.57. The third-order valence-electron chi connectivity index (χ3n) is 5.03. The molecule has 2 aliphatic heterocycles. The molecule has 0 saturated carbocycles. The predicted octanol–water partition coefficient (Wildman–Crippen LogP) is 2.44. The van der Waals surface area contributed by atoms with Crippen molar-refractivity contribution in [2.75, 3.05) is 44.3 Å². The molecule has 0 atom stereocenters. The average Bonchev–Trinajstić information content (AvgIpc) is 2.92. The van der Waals surface area contributed by atoms with Gasteiger partial charge in [-0.3, -0.25) is 4.90 Å². The molecular formula is C17H24ClN5O. The van der Waals surface area contributed by atoms with Crippen LogP contribution in [0, 0.1) is 0 Å². The Labute approximate surface area is 147 Å². The van der Waals surface area contributed by atoms with Gasteiger partial charge < -0.3 is 14.2 Å². The van der Waals surface area contributed by atoms with Crippen LogP contribution in [0.5, 0.6) is 0 Å². The lowest BCUT2D eigenvalue weighted by Gasteiger charge is -2.28. The summed E-state index contributed by atoms with van der Waals surface area (Å²) in [6, 6.07) is 1.94. The highest BCUT2D eigenvalue weighted by Crippen LogP contribution is 2.29. The molecule has 7 heteroatoms. The number of aryl methyl sites for hydroxylation is 1. The van der Waals surface area contributed by atoms with Crippen LogP contribution in [0.4, 0.5) is 5.69 Å². The van der Waals surface area contributed by atoms with Gasteiger partial charge in [-0.15, -0.1) is 0 Å². The maximum absolute atomic E-state index is 6.30. The first-order chi connectivity index (χ1) is 11.7. The SMILES string of the molecule is Cn1c(CN2CCCCC2)nc2c(N3CCOCC3)cc(Cl)nc21. The van der Waals surface area contributed by atoms with E-state index in [2.05, 4.69) is 19.4 Å². The number of nitrogens with zero attached hydrogens (tertiary/aromatic N) is 5. The highest BCUT2D eigenvalue weighted by atomic mass is 35.5. The van der Waals surface area contributed by atoms with Gasteiger partial charge in [0.05, 0.1) is 25.4 Å². The van der Waals surface area contributed by atoms with Crippen molar-refractivity contribution in [3.05, 3.63) is 17.0 Å². The van der Waals surface area contributed by atoms with Gasteiger partial charge in [0, 0.05) is 26.2 Å². The van der Waals surface area contributed by atoms with Gasteiger partial charge in [-0.1, -0.05) is 18.0 Å². The van der Waals surface area contributed by atoms with Crippen molar-refractivity contribution < 1.29 is 4.74 Å². The maximum atomic E-state index is 6.30. The number of hydrogen-bond donors (Lipinski definition) is 0. The monoisotopic (exact) mass is 349 g/mol. The van der Waals surface area contributed by atoms with E-state index in [1.54, 1.807) is 0 Å². The lowest BCUT2D eigenvalue weighted by atomic mass is 10.1. The van der Waals surface area contributed by atoms with Gasteiger partial charge in [0.2, 0.25) is 0 Å². The number of piperidine rings is 1. The Morgan fingerprint density at radius 1 is 1.08 bits per heavy atom. The van der Waals surface area contributed by atoms with Gasteiger partial charge in [-0.25, -0.2) is 9.97 Å². The van der Waals surface area contributed by atoms with Crippen molar-refractivity contribution in [3.8, 4) is 0 Å². The number of morpholine rings is 1. The maximum Gasteiger partial charge on any atom is 0.163 e. The summed E-state index contributed by atoms with van der Waals surface area (Å²) in [5.74, 6) is 1.07. The van der Waals surface area contributed by atoms with Crippen LogP contribution in [0.3, 0.4) is 0 Å². The van der Waals surface area contributed by atoms with Gasteiger partial charge in [0.25, 0.3) is 0 Å². The molecule has 0 radical (unpaired) electrons. The van der Waals surface area contributed by atoms with E-state index in [1.165, 1.54) is 19.3 Å². The number of rotatable bonds is 3. The van der Waals surface area contributed by atoms with E-state index in [-0.39, 0.29) is 0 Å². The zero-order valence-corrected chi connectivity index (χ0v) is 14.9. The highest BCUT2D eigenvalue weighted by molar-refractivity contribution is 6.30. The normalized spacial score (nSPS) is 20.0. The molecule has 2 aromatic rings. The van der Waals surface area contributed by atoms with Crippen molar-refractivity contribution in [2.45, 2.75) is 25.8 Å². The van der Waals surface area contributed by atoms with Crippen molar-refractivity contribution in [2.24, 2.45) is 7.05 Å². The Kier molecular flexibility index (Phi) is 4.61. The minimum Gasteiger partial charge on any atom is -0.378 e. The topological polar surface area (TPSA) is 46.4 Å². The van der Waals surface area contributed by atoms with Gasteiger partial charge in [0.1, 0.15) is 16.5 Å². The fraction of sp³-hybridized carbons (Fsp3) is 0.647. The summed E-state index contributed by atoms with van der Waals surface area (Å²) >= 11 is 6.30. The molecule has 0 unspecified atom stereocenters. The zero-order valence-electron chi connectivity index (χ0n) is 14.2. The molecule has 0 amide bonds. The standard InChI is InChI=1S/C17H24ClN5O/c1-21-15(12-22-5-3-2-4-6-22)20-16-13(11-14(18)19-17(16)21)23-7-9-24-10-8-23/h11H,2-10,12H2,1H3. The second-order valence-electron chi connectivity index (χ2n) is 6.66. The van der Waals surface area contributed by atoms with E-state index in [9.17, 15) is 0 Å². The number of anilines is 1. The Morgan fingerprint density at radius 2 is 1.83 bits per heavy atom. The molecule has 2 aromatic heterocycles. The summed E-state index contributed by atoms with van der Waals surface area (Å²) in [6.45, 7) is 6.43. The fourth-order valence-electron chi connectivity index (χ4n) is 3.65. The number of imidazole rings is 1. The number of aromatic nitrogens is 3. The number of halogens is 1. The number of likely N-dealkylation sites (tertiary alicyclic amines) is 1. The van der Waals surface area contributed by atoms with E-state index in [4.69, 9.17) is 21.3 Å². The lowest BCUT2D eigenvalue weighted by molar-refractivity contribution is 0.123.